The molecule has 0 heterocycles. The average molecular weight is 322 g/mol. The Hall–Kier alpha value is -1.79. The number of hydrogen-bond donors (Lipinski definition) is 3. The van der Waals surface area contributed by atoms with Crippen molar-refractivity contribution in [2.45, 2.75) is 44.8 Å². The largest absolute Gasteiger partial charge is 0.489 e. The SMILES string of the molecule is COCCOc1cc(C)ccc1NC(=O)NC1CCC(O)CC1. The summed E-state index contributed by atoms with van der Waals surface area (Å²) in [5.74, 6) is 0.635. The monoisotopic (exact) mass is 322 g/mol. The molecular weight excluding hydrogens is 296 g/mol. The molecule has 1 aromatic rings. The second-order valence-electron chi connectivity index (χ2n) is 5.94. The Balaban J connectivity index is 1.91. The quantitative estimate of drug-likeness (QED) is 0.703. The summed E-state index contributed by atoms with van der Waals surface area (Å²) >= 11 is 0. The molecule has 6 heteroatoms. The van der Waals surface area contributed by atoms with Crippen LogP contribution >= 0.6 is 0 Å². The van der Waals surface area contributed by atoms with E-state index in [0.717, 1.165) is 31.2 Å². The van der Waals surface area contributed by atoms with E-state index in [1.54, 1.807) is 7.11 Å². The summed E-state index contributed by atoms with van der Waals surface area (Å²) in [6.45, 7) is 2.89. The molecule has 128 valence electrons. The zero-order valence-corrected chi connectivity index (χ0v) is 13.8. The summed E-state index contributed by atoms with van der Waals surface area (Å²) in [5, 5.41) is 15.3. The summed E-state index contributed by atoms with van der Waals surface area (Å²) in [6, 6.07) is 5.52. The lowest BCUT2D eigenvalue weighted by Gasteiger charge is -2.26. The summed E-state index contributed by atoms with van der Waals surface area (Å²) in [6.07, 6.45) is 2.86. The van der Waals surface area contributed by atoms with Gasteiger partial charge in [-0.1, -0.05) is 6.07 Å². The van der Waals surface area contributed by atoms with Crippen molar-refractivity contribution in [2.24, 2.45) is 0 Å². The lowest BCUT2D eigenvalue weighted by molar-refractivity contribution is 0.118. The van der Waals surface area contributed by atoms with Gasteiger partial charge in [0.1, 0.15) is 12.4 Å². The van der Waals surface area contributed by atoms with Crippen LogP contribution < -0.4 is 15.4 Å². The maximum atomic E-state index is 12.2. The highest BCUT2D eigenvalue weighted by Crippen LogP contribution is 2.26. The number of amides is 2. The van der Waals surface area contributed by atoms with Crippen LogP contribution in [0.2, 0.25) is 0 Å². The second-order valence-corrected chi connectivity index (χ2v) is 5.94. The molecular formula is C17H26N2O4. The van der Waals surface area contributed by atoms with E-state index in [-0.39, 0.29) is 18.2 Å². The van der Waals surface area contributed by atoms with Gasteiger partial charge in [0, 0.05) is 13.2 Å². The average Bonchev–Trinajstić information content (AvgIpc) is 2.52. The number of benzene rings is 1. The van der Waals surface area contributed by atoms with Gasteiger partial charge in [0.15, 0.2) is 0 Å². The maximum Gasteiger partial charge on any atom is 0.319 e. The fraction of sp³-hybridized carbons (Fsp3) is 0.588. The standard InChI is InChI=1S/C17H26N2O4/c1-12-3-8-15(16(11-12)23-10-9-22-2)19-17(21)18-13-4-6-14(20)7-5-13/h3,8,11,13-14,20H,4-7,9-10H2,1-2H3,(H2,18,19,21). The van der Waals surface area contributed by atoms with Crippen LogP contribution in [-0.2, 0) is 4.74 Å². The second kappa shape index (κ2) is 8.74. The van der Waals surface area contributed by atoms with E-state index >= 15 is 0 Å². The summed E-state index contributed by atoms with van der Waals surface area (Å²) in [7, 11) is 1.62. The van der Waals surface area contributed by atoms with Gasteiger partial charge in [-0.05, 0) is 50.3 Å². The number of anilines is 1. The molecule has 0 spiro atoms. The number of methoxy groups -OCH3 is 1. The number of aryl methyl sites for hydroxylation is 1. The molecule has 0 unspecified atom stereocenters. The van der Waals surface area contributed by atoms with Gasteiger partial charge in [-0.15, -0.1) is 0 Å². The summed E-state index contributed by atoms with van der Waals surface area (Å²) in [5.41, 5.74) is 1.70. The van der Waals surface area contributed by atoms with E-state index in [9.17, 15) is 9.90 Å². The Morgan fingerprint density at radius 1 is 1.26 bits per heavy atom. The van der Waals surface area contributed by atoms with Crippen molar-refractivity contribution in [1.82, 2.24) is 5.32 Å². The van der Waals surface area contributed by atoms with Gasteiger partial charge >= 0.3 is 6.03 Å². The van der Waals surface area contributed by atoms with Gasteiger partial charge in [0.25, 0.3) is 0 Å². The smallest absolute Gasteiger partial charge is 0.319 e. The molecule has 2 amide bonds. The van der Waals surface area contributed by atoms with Crippen molar-refractivity contribution >= 4 is 11.7 Å². The van der Waals surface area contributed by atoms with Gasteiger partial charge in [0.2, 0.25) is 0 Å². The van der Waals surface area contributed by atoms with Crippen molar-refractivity contribution in [2.75, 3.05) is 25.6 Å². The van der Waals surface area contributed by atoms with Crippen LogP contribution in [0.4, 0.5) is 10.5 Å². The molecule has 1 aliphatic rings. The van der Waals surface area contributed by atoms with Crippen LogP contribution in [-0.4, -0.2) is 43.6 Å². The van der Waals surface area contributed by atoms with Crippen molar-refractivity contribution in [3.63, 3.8) is 0 Å². The third kappa shape index (κ3) is 5.73. The van der Waals surface area contributed by atoms with E-state index < -0.39 is 0 Å². The highest BCUT2D eigenvalue weighted by molar-refractivity contribution is 5.91. The molecule has 1 fully saturated rings. The molecule has 3 N–H and O–H groups in total. The van der Waals surface area contributed by atoms with Gasteiger partial charge in [-0.25, -0.2) is 4.79 Å². The van der Waals surface area contributed by atoms with Crippen molar-refractivity contribution in [3.05, 3.63) is 23.8 Å². The van der Waals surface area contributed by atoms with Gasteiger partial charge in [0.05, 0.1) is 18.4 Å². The van der Waals surface area contributed by atoms with Gasteiger partial charge in [-0.3, -0.25) is 0 Å². The molecule has 0 atom stereocenters. The Bertz CT molecular complexity index is 513. The highest BCUT2D eigenvalue weighted by atomic mass is 16.5. The van der Waals surface area contributed by atoms with Gasteiger partial charge < -0.3 is 25.2 Å². The Labute approximate surface area is 137 Å². The molecule has 0 radical (unpaired) electrons. The lowest BCUT2D eigenvalue weighted by Crippen LogP contribution is -2.40. The van der Waals surface area contributed by atoms with Crippen molar-refractivity contribution in [3.8, 4) is 5.75 Å². The van der Waals surface area contributed by atoms with Crippen LogP contribution in [0.1, 0.15) is 31.2 Å². The molecule has 0 aromatic heterocycles. The Morgan fingerprint density at radius 2 is 2.00 bits per heavy atom. The first kappa shape index (κ1) is 17.6. The maximum absolute atomic E-state index is 12.2. The third-order valence-electron chi connectivity index (χ3n) is 3.96. The third-order valence-corrected chi connectivity index (χ3v) is 3.96. The number of urea groups is 1. The number of ether oxygens (including phenoxy) is 2. The first-order chi connectivity index (χ1) is 11.1. The molecule has 23 heavy (non-hydrogen) atoms. The molecule has 1 saturated carbocycles. The Morgan fingerprint density at radius 3 is 2.70 bits per heavy atom. The van der Waals surface area contributed by atoms with E-state index in [2.05, 4.69) is 10.6 Å². The lowest BCUT2D eigenvalue weighted by atomic mass is 9.93. The number of carbonyl (C=O) groups is 1. The zero-order chi connectivity index (χ0) is 16.7. The predicted molar refractivity (Wildman–Crippen MR) is 89.0 cm³/mol. The van der Waals surface area contributed by atoms with E-state index in [0.29, 0.717) is 24.7 Å². The fourth-order valence-corrected chi connectivity index (χ4v) is 2.65. The highest BCUT2D eigenvalue weighted by Gasteiger charge is 2.21. The van der Waals surface area contributed by atoms with Gasteiger partial charge in [-0.2, -0.15) is 0 Å². The number of carbonyl (C=O) groups excluding carboxylic acids is 1. The van der Waals surface area contributed by atoms with Crippen LogP contribution in [0.3, 0.4) is 0 Å². The number of aliphatic hydroxyl groups is 1. The van der Waals surface area contributed by atoms with E-state index in [4.69, 9.17) is 9.47 Å². The van der Waals surface area contributed by atoms with Crippen LogP contribution in [0.15, 0.2) is 18.2 Å². The first-order valence-corrected chi connectivity index (χ1v) is 8.06. The van der Waals surface area contributed by atoms with E-state index in [1.807, 2.05) is 25.1 Å². The molecule has 1 aromatic carbocycles. The molecule has 6 nitrogen and oxygen atoms in total. The number of rotatable bonds is 6. The zero-order valence-electron chi connectivity index (χ0n) is 13.8. The molecule has 0 aliphatic heterocycles. The molecule has 0 bridgehead atoms. The summed E-state index contributed by atoms with van der Waals surface area (Å²) in [4.78, 5) is 12.2. The van der Waals surface area contributed by atoms with Crippen LogP contribution in [0, 0.1) is 6.92 Å². The molecule has 0 saturated heterocycles. The topological polar surface area (TPSA) is 79.8 Å². The minimum absolute atomic E-state index is 0.113. The molecule has 1 aliphatic carbocycles. The Kier molecular flexibility index (Phi) is 6.67. The molecule has 2 rings (SSSR count). The van der Waals surface area contributed by atoms with E-state index in [1.165, 1.54) is 0 Å². The minimum atomic E-state index is -0.244. The number of hydrogen-bond acceptors (Lipinski definition) is 4. The van der Waals surface area contributed by atoms with Crippen molar-refractivity contribution < 1.29 is 19.4 Å². The fourth-order valence-electron chi connectivity index (χ4n) is 2.65. The van der Waals surface area contributed by atoms with Crippen LogP contribution in [0.25, 0.3) is 0 Å². The number of aliphatic hydroxyl groups excluding tert-OH is 1. The number of nitrogens with one attached hydrogen (secondary N) is 2. The predicted octanol–water partition coefficient (Wildman–Crippen LogP) is 2.45. The minimum Gasteiger partial charge on any atom is -0.489 e. The summed E-state index contributed by atoms with van der Waals surface area (Å²) < 4.78 is 10.6. The van der Waals surface area contributed by atoms with Crippen molar-refractivity contribution in [1.29, 1.82) is 0 Å². The first-order valence-electron chi connectivity index (χ1n) is 8.06. The van der Waals surface area contributed by atoms with Crippen LogP contribution in [0.5, 0.6) is 5.75 Å². The normalized spacial score (nSPS) is 20.8.